The molecular formula is C26H29FN4OS. The number of benzene rings is 2. The van der Waals surface area contributed by atoms with Crippen molar-refractivity contribution in [1.82, 2.24) is 19.7 Å². The molecule has 1 saturated heterocycles. The number of piperidine rings is 1. The molecule has 5 nitrogen and oxygen atoms in total. The fraction of sp³-hybridized carbons (Fsp3) is 0.423. The number of likely N-dealkylation sites (tertiary alicyclic amines) is 1. The van der Waals surface area contributed by atoms with Crippen LogP contribution in [0.1, 0.15) is 44.2 Å². The van der Waals surface area contributed by atoms with Gasteiger partial charge in [-0.2, -0.15) is 0 Å². The predicted octanol–water partition coefficient (Wildman–Crippen LogP) is 5.38. The Morgan fingerprint density at radius 1 is 1.03 bits per heavy atom. The lowest BCUT2D eigenvalue weighted by molar-refractivity contribution is -0.131. The van der Waals surface area contributed by atoms with E-state index in [4.69, 9.17) is 0 Å². The van der Waals surface area contributed by atoms with Gasteiger partial charge in [-0.15, -0.1) is 10.2 Å². The molecule has 1 aliphatic heterocycles. The number of aromatic nitrogens is 3. The highest BCUT2D eigenvalue weighted by molar-refractivity contribution is 8.00. The lowest BCUT2D eigenvalue weighted by Gasteiger charge is -2.33. The Morgan fingerprint density at radius 3 is 2.42 bits per heavy atom. The predicted molar refractivity (Wildman–Crippen MR) is 128 cm³/mol. The van der Waals surface area contributed by atoms with Crippen molar-refractivity contribution >= 4 is 17.7 Å². The first-order valence-corrected chi connectivity index (χ1v) is 12.7. The molecule has 2 fully saturated rings. The monoisotopic (exact) mass is 464 g/mol. The number of thioether (sulfide) groups is 1. The van der Waals surface area contributed by atoms with Gasteiger partial charge in [0, 0.05) is 19.1 Å². The molecule has 3 aromatic rings. The molecule has 2 aromatic carbocycles. The Morgan fingerprint density at radius 2 is 1.73 bits per heavy atom. The Hall–Kier alpha value is -2.67. The summed E-state index contributed by atoms with van der Waals surface area (Å²) < 4.78 is 16.4. The van der Waals surface area contributed by atoms with Crippen LogP contribution in [0, 0.1) is 11.7 Å². The van der Waals surface area contributed by atoms with Gasteiger partial charge in [0.15, 0.2) is 11.0 Å². The minimum absolute atomic E-state index is 0.149. The molecule has 0 radical (unpaired) electrons. The van der Waals surface area contributed by atoms with Gasteiger partial charge in [-0.3, -0.25) is 9.36 Å². The van der Waals surface area contributed by atoms with E-state index < -0.39 is 0 Å². The lowest BCUT2D eigenvalue weighted by Crippen LogP contribution is -2.42. The largest absolute Gasteiger partial charge is 0.342 e. The maximum Gasteiger partial charge on any atom is 0.235 e. The van der Waals surface area contributed by atoms with E-state index in [2.05, 4.69) is 34.5 Å². The van der Waals surface area contributed by atoms with Crippen LogP contribution in [-0.2, 0) is 11.2 Å². The second-order valence-electron chi connectivity index (χ2n) is 9.11. The van der Waals surface area contributed by atoms with Crippen LogP contribution in [0.2, 0.25) is 0 Å². The van der Waals surface area contributed by atoms with Gasteiger partial charge in [0.25, 0.3) is 0 Å². The van der Waals surface area contributed by atoms with E-state index in [0.717, 1.165) is 45.2 Å². The maximum absolute atomic E-state index is 14.4. The summed E-state index contributed by atoms with van der Waals surface area (Å²) in [6.07, 6.45) is 5.21. The van der Waals surface area contributed by atoms with Crippen molar-refractivity contribution in [3.63, 3.8) is 0 Å². The molecule has 0 spiro atoms. The highest BCUT2D eigenvalue weighted by atomic mass is 32.2. The zero-order chi connectivity index (χ0) is 22.8. The van der Waals surface area contributed by atoms with Gasteiger partial charge in [0.1, 0.15) is 5.82 Å². The third-order valence-electron chi connectivity index (χ3n) is 6.61. The summed E-state index contributed by atoms with van der Waals surface area (Å²) >= 11 is 1.44. The van der Waals surface area contributed by atoms with Gasteiger partial charge >= 0.3 is 0 Å². The second-order valence-corrected chi connectivity index (χ2v) is 10.4. The fourth-order valence-corrected chi connectivity index (χ4v) is 5.62. The number of hydrogen-bond donors (Lipinski definition) is 0. The van der Waals surface area contributed by atoms with Crippen molar-refractivity contribution in [2.75, 3.05) is 13.1 Å². The van der Waals surface area contributed by atoms with E-state index in [1.165, 1.54) is 23.4 Å². The van der Waals surface area contributed by atoms with Gasteiger partial charge < -0.3 is 4.90 Å². The number of hydrogen-bond acceptors (Lipinski definition) is 4. The summed E-state index contributed by atoms with van der Waals surface area (Å²) in [7, 11) is 0. The highest BCUT2D eigenvalue weighted by Crippen LogP contribution is 2.42. The average molecular weight is 465 g/mol. The Bertz CT molecular complexity index is 1110. The fourth-order valence-electron chi connectivity index (χ4n) is 4.62. The van der Waals surface area contributed by atoms with E-state index in [1.807, 2.05) is 28.5 Å². The first-order valence-electron chi connectivity index (χ1n) is 11.8. The first kappa shape index (κ1) is 22.1. The molecule has 0 unspecified atom stereocenters. The van der Waals surface area contributed by atoms with E-state index in [1.54, 1.807) is 12.1 Å². The second kappa shape index (κ2) is 9.67. The zero-order valence-electron chi connectivity index (χ0n) is 18.9. The zero-order valence-corrected chi connectivity index (χ0v) is 19.7. The molecule has 2 aliphatic rings. The molecular weight excluding hydrogens is 435 g/mol. The standard InChI is InChI=1S/C26H29FN4OS/c1-18(25(32)30-15-13-20(14-16-30)17-19-7-3-2-4-8-19)33-26-29-28-24(31(26)21-11-12-21)22-9-5-6-10-23(22)27/h2-10,18,20-21H,11-17H2,1H3/t18-/m1/s1. The van der Waals surface area contributed by atoms with Crippen LogP contribution in [0.4, 0.5) is 4.39 Å². The summed E-state index contributed by atoms with van der Waals surface area (Å²) in [5.74, 6) is 1.03. The molecule has 1 aliphatic carbocycles. The summed E-state index contributed by atoms with van der Waals surface area (Å²) in [5, 5.41) is 9.12. The minimum atomic E-state index is -0.300. The quantitative estimate of drug-likeness (QED) is 0.441. The van der Waals surface area contributed by atoms with Crippen molar-refractivity contribution in [3.8, 4) is 11.4 Å². The topological polar surface area (TPSA) is 51.0 Å². The highest BCUT2D eigenvalue weighted by Gasteiger charge is 2.33. The van der Waals surface area contributed by atoms with Crippen LogP contribution in [-0.4, -0.2) is 43.9 Å². The average Bonchev–Trinajstić information content (AvgIpc) is 3.60. The van der Waals surface area contributed by atoms with Crippen molar-refractivity contribution in [1.29, 1.82) is 0 Å². The summed E-state index contributed by atoms with van der Waals surface area (Å²) in [6.45, 7) is 3.55. The van der Waals surface area contributed by atoms with Crippen LogP contribution in [0.3, 0.4) is 0 Å². The van der Waals surface area contributed by atoms with Gasteiger partial charge in [-0.05, 0) is 62.6 Å². The van der Waals surface area contributed by atoms with Crippen molar-refractivity contribution in [3.05, 3.63) is 66.0 Å². The number of carbonyl (C=O) groups excluding carboxylic acids is 1. The number of carbonyl (C=O) groups is 1. The Labute approximate surface area is 198 Å². The maximum atomic E-state index is 14.4. The SMILES string of the molecule is C[C@@H](Sc1nnc(-c2ccccc2F)n1C1CC1)C(=O)N1CCC(Cc2ccccc2)CC1. The van der Waals surface area contributed by atoms with E-state index in [0.29, 0.717) is 22.5 Å². The first-order chi connectivity index (χ1) is 16.1. The summed E-state index contributed by atoms with van der Waals surface area (Å²) in [4.78, 5) is 15.2. The summed E-state index contributed by atoms with van der Waals surface area (Å²) in [5.41, 5.74) is 1.83. The van der Waals surface area contributed by atoms with Crippen LogP contribution in [0.5, 0.6) is 0 Å². The smallest absolute Gasteiger partial charge is 0.235 e. The van der Waals surface area contributed by atoms with Gasteiger partial charge in [-0.1, -0.05) is 54.2 Å². The van der Waals surface area contributed by atoms with Gasteiger partial charge in [0.05, 0.1) is 10.8 Å². The van der Waals surface area contributed by atoms with E-state index >= 15 is 0 Å². The molecule has 1 amide bonds. The molecule has 1 saturated carbocycles. The van der Waals surface area contributed by atoms with Gasteiger partial charge in [0.2, 0.25) is 5.91 Å². The normalized spacial score (nSPS) is 17.8. The van der Waals surface area contributed by atoms with Crippen LogP contribution in [0.25, 0.3) is 11.4 Å². The van der Waals surface area contributed by atoms with E-state index in [-0.39, 0.29) is 23.0 Å². The number of nitrogens with zero attached hydrogens (tertiary/aromatic N) is 4. The minimum Gasteiger partial charge on any atom is -0.342 e. The molecule has 33 heavy (non-hydrogen) atoms. The molecule has 1 atom stereocenters. The third-order valence-corrected chi connectivity index (χ3v) is 7.66. The van der Waals surface area contributed by atoms with E-state index in [9.17, 15) is 9.18 Å². The molecule has 0 N–H and O–H groups in total. The number of rotatable bonds is 7. The van der Waals surface area contributed by atoms with Crippen LogP contribution in [0.15, 0.2) is 59.8 Å². The molecule has 1 aromatic heterocycles. The van der Waals surface area contributed by atoms with Crippen molar-refractivity contribution < 1.29 is 9.18 Å². The van der Waals surface area contributed by atoms with Crippen molar-refractivity contribution in [2.45, 2.75) is 55.5 Å². The molecule has 7 heteroatoms. The molecule has 5 rings (SSSR count). The lowest BCUT2D eigenvalue weighted by atomic mass is 9.90. The molecule has 2 heterocycles. The number of amides is 1. The van der Waals surface area contributed by atoms with Crippen molar-refractivity contribution in [2.24, 2.45) is 5.92 Å². The number of halogens is 1. The van der Waals surface area contributed by atoms with Crippen LogP contribution < -0.4 is 0 Å². The molecule has 172 valence electrons. The Kier molecular flexibility index (Phi) is 6.49. The summed E-state index contributed by atoms with van der Waals surface area (Å²) in [6, 6.07) is 17.5. The Balaban J connectivity index is 1.23. The molecule has 0 bridgehead atoms. The third kappa shape index (κ3) is 4.98. The van der Waals surface area contributed by atoms with Gasteiger partial charge in [-0.25, -0.2) is 4.39 Å². The van der Waals surface area contributed by atoms with Crippen LogP contribution >= 0.6 is 11.8 Å².